The van der Waals surface area contributed by atoms with Crippen LogP contribution in [0.1, 0.15) is 37.9 Å². The number of fused-ring (bicyclic) bond motifs is 2. The van der Waals surface area contributed by atoms with Crippen molar-refractivity contribution < 1.29 is 28.5 Å². The second-order valence-electron chi connectivity index (χ2n) is 9.02. The first-order valence-electron chi connectivity index (χ1n) is 12.7. The summed E-state index contributed by atoms with van der Waals surface area (Å²) < 4.78 is 23.7. The fourth-order valence-corrected chi connectivity index (χ4v) is 6.37. The van der Waals surface area contributed by atoms with Gasteiger partial charge in [0.1, 0.15) is 4.53 Å². The van der Waals surface area contributed by atoms with E-state index in [0.29, 0.717) is 51.0 Å². The smallest absolute Gasteiger partial charge is 0.338 e. The normalized spacial score (nSPS) is 17.3. The molecule has 1 atom stereocenters. The maximum Gasteiger partial charge on any atom is 0.338 e. The van der Waals surface area contributed by atoms with Gasteiger partial charge in [0.15, 0.2) is 16.3 Å². The van der Waals surface area contributed by atoms with Crippen LogP contribution in [0.5, 0.6) is 17.2 Å². The fraction of sp³-hybridized carbons (Fsp3) is 0.310. The Bertz CT molecular complexity index is 1730. The van der Waals surface area contributed by atoms with E-state index in [1.54, 1.807) is 30.9 Å². The third-order valence-corrected chi connectivity index (χ3v) is 8.02. The minimum atomic E-state index is -0.924. The number of thiazole rings is 1. The van der Waals surface area contributed by atoms with Crippen LogP contribution in [0.4, 0.5) is 5.69 Å². The lowest BCUT2D eigenvalue weighted by atomic mass is 9.95. The third kappa shape index (κ3) is 4.08. The molecular formula is C29H29N3O7S. The Labute approximate surface area is 234 Å². The lowest BCUT2D eigenvalue weighted by molar-refractivity contribution is -0.139. The number of ether oxygens (including phenoxy) is 4. The van der Waals surface area contributed by atoms with Gasteiger partial charge >= 0.3 is 5.97 Å². The maximum atomic E-state index is 14.3. The number of rotatable bonds is 7. The predicted octanol–water partition coefficient (Wildman–Crippen LogP) is 2.56. The van der Waals surface area contributed by atoms with Gasteiger partial charge < -0.3 is 23.8 Å². The zero-order chi connectivity index (χ0) is 28.7. The summed E-state index contributed by atoms with van der Waals surface area (Å²) in [6.45, 7) is 5.90. The van der Waals surface area contributed by atoms with Crippen molar-refractivity contribution in [2.75, 3.05) is 39.4 Å². The molecule has 208 valence electrons. The molecule has 0 unspecified atom stereocenters. The molecule has 0 spiro atoms. The Morgan fingerprint density at radius 2 is 1.70 bits per heavy atom. The molecule has 0 radical (unpaired) electrons. The van der Waals surface area contributed by atoms with Gasteiger partial charge in [0.25, 0.3) is 11.5 Å². The molecule has 0 bridgehead atoms. The van der Waals surface area contributed by atoms with Gasteiger partial charge in [0, 0.05) is 12.1 Å². The van der Waals surface area contributed by atoms with Crippen LogP contribution in [0.25, 0.3) is 5.57 Å². The van der Waals surface area contributed by atoms with Crippen molar-refractivity contribution in [2.45, 2.75) is 26.8 Å². The number of benzene rings is 2. The van der Waals surface area contributed by atoms with Crippen LogP contribution in [0.2, 0.25) is 0 Å². The number of hydrogen-bond acceptors (Lipinski definition) is 9. The summed E-state index contributed by atoms with van der Waals surface area (Å²) in [6, 6.07) is 9.86. The van der Waals surface area contributed by atoms with Gasteiger partial charge in [-0.05, 0) is 44.5 Å². The van der Waals surface area contributed by atoms with E-state index in [1.165, 1.54) is 25.9 Å². The highest BCUT2D eigenvalue weighted by molar-refractivity contribution is 7.07. The molecule has 1 aromatic heterocycles. The van der Waals surface area contributed by atoms with E-state index in [-0.39, 0.29) is 22.6 Å². The summed E-state index contributed by atoms with van der Waals surface area (Å²) in [4.78, 5) is 47.8. The lowest BCUT2D eigenvalue weighted by Gasteiger charge is -2.26. The first-order chi connectivity index (χ1) is 19.3. The molecule has 2 aromatic carbocycles. The topological polar surface area (TPSA) is 109 Å². The number of aromatic nitrogens is 1. The molecule has 2 aliphatic rings. The molecule has 40 heavy (non-hydrogen) atoms. The van der Waals surface area contributed by atoms with Crippen LogP contribution >= 0.6 is 11.3 Å². The van der Waals surface area contributed by atoms with Crippen LogP contribution in [-0.2, 0) is 14.3 Å². The molecule has 5 rings (SSSR count). The first-order valence-corrected chi connectivity index (χ1v) is 13.6. The van der Waals surface area contributed by atoms with Crippen LogP contribution < -0.4 is 34.0 Å². The summed E-state index contributed by atoms with van der Waals surface area (Å²) in [5, 5.41) is 0. The molecule has 2 aliphatic heterocycles. The van der Waals surface area contributed by atoms with Gasteiger partial charge in [0.2, 0.25) is 5.75 Å². The van der Waals surface area contributed by atoms with Crippen molar-refractivity contribution in [2.24, 2.45) is 4.99 Å². The molecule has 3 heterocycles. The molecule has 3 aromatic rings. The molecule has 0 fully saturated rings. The van der Waals surface area contributed by atoms with Gasteiger partial charge in [-0.3, -0.25) is 14.2 Å². The van der Waals surface area contributed by atoms with Gasteiger partial charge in [-0.1, -0.05) is 29.5 Å². The molecule has 1 amide bonds. The van der Waals surface area contributed by atoms with Crippen molar-refractivity contribution in [3.63, 3.8) is 0 Å². The van der Waals surface area contributed by atoms with Crippen molar-refractivity contribution in [3.8, 4) is 17.2 Å². The molecule has 11 heteroatoms. The van der Waals surface area contributed by atoms with Gasteiger partial charge in [-0.2, -0.15) is 0 Å². The number of methoxy groups -OCH3 is 3. The minimum Gasteiger partial charge on any atom is -0.493 e. The highest BCUT2D eigenvalue weighted by atomic mass is 32.1. The van der Waals surface area contributed by atoms with E-state index in [4.69, 9.17) is 18.9 Å². The molecular weight excluding hydrogens is 534 g/mol. The molecule has 0 saturated heterocycles. The first kappa shape index (κ1) is 27.2. The largest absolute Gasteiger partial charge is 0.493 e. The quantitative estimate of drug-likeness (QED) is 0.407. The zero-order valence-electron chi connectivity index (χ0n) is 23.1. The van der Waals surface area contributed by atoms with Gasteiger partial charge in [0.05, 0.1) is 56.5 Å². The second-order valence-corrected chi connectivity index (χ2v) is 10.0. The Morgan fingerprint density at radius 3 is 2.30 bits per heavy atom. The van der Waals surface area contributed by atoms with E-state index in [0.717, 1.165) is 17.0 Å². The number of amides is 1. The number of allylic oxidation sites excluding steroid dienone is 1. The fourth-order valence-electron chi connectivity index (χ4n) is 5.23. The number of carbonyl (C=O) groups excluding carboxylic acids is 2. The second kappa shape index (κ2) is 10.6. The highest BCUT2D eigenvalue weighted by Crippen LogP contribution is 2.42. The summed E-state index contributed by atoms with van der Waals surface area (Å²) in [5.41, 5.74) is 2.46. The van der Waals surface area contributed by atoms with Crippen molar-refractivity contribution >= 4 is 34.5 Å². The van der Waals surface area contributed by atoms with Crippen LogP contribution in [0, 0.1) is 0 Å². The molecule has 10 nitrogen and oxygen atoms in total. The van der Waals surface area contributed by atoms with Crippen molar-refractivity contribution in [3.05, 3.63) is 78.5 Å². The zero-order valence-corrected chi connectivity index (χ0v) is 23.9. The van der Waals surface area contributed by atoms with Crippen LogP contribution in [0.3, 0.4) is 0 Å². The highest BCUT2D eigenvalue weighted by Gasteiger charge is 2.37. The maximum absolute atomic E-state index is 14.3. The van der Waals surface area contributed by atoms with Gasteiger partial charge in [-0.15, -0.1) is 0 Å². The lowest BCUT2D eigenvalue weighted by Crippen LogP contribution is -2.41. The summed E-state index contributed by atoms with van der Waals surface area (Å²) in [6.07, 6.45) is 0. The summed E-state index contributed by atoms with van der Waals surface area (Å²) in [5.74, 6) is 0.241. The van der Waals surface area contributed by atoms with Crippen molar-refractivity contribution in [1.29, 1.82) is 0 Å². The minimum absolute atomic E-state index is 0.143. The van der Waals surface area contributed by atoms with E-state index in [2.05, 4.69) is 4.99 Å². The third-order valence-electron chi connectivity index (χ3n) is 6.96. The predicted molar refractivity (Wildman–Crippen MR) is 150 cm³/mol. The van der Waals surface area contributed by atoms with Crippen LogP contribution in [0.15, 0.2) is 57.5 Å². The molecule has 0 N–H and O–H groups in total. The summed E-state index contributed by atoms with van der Waals surface area (Å²) in [7, 11) is 4.48. The summed E-state index contributed by atoms with van der Waals surface area (Å²) >= 11 is 1.12. The average molecular weight is 564 g/mol. The molecule has 0 saturated carbocycles. The number of hydrogen-bond donors (Lipinski definition) is 0. The average Bonchev–Trinajstić information content (AvgIpc) is 3.42. The molecule has 0 aliphatic carbocycles. The monoisotopic (exact) mass is 563 g/mol. The number of anilines is 1. The Balaban J connectivity index is 1.85. The van der Waals surface area contributed by atoms with Gasteiger partial charge in [-0.25, -0.2) is 9.79 Å². The van der Waals surface area contributed by atoms with Crippen molar-refractivity contribution in [1.82, 2.24) is 4.57 Å². The van der Waals surface area contributed by atoms with E-state index in [1.807, 2.05) is 31.2 Å². The number of likely N-dealkylation sites (N-methyl/N-ethyl adjacent to an activating group) is 1. The SMILES string of the molecule is CCOC(=O)C1=C(C)N=c2s/c(=C3/C(=O)N(CC)c4ccccc43)c(=O)n2[C@H]1c1cc(OC)c(OC)c(OC)c1. The number of esters is 1. The Hall–Kier alpha value is -4.38. The van der Waals surface area contributed by atoms with E-state index < -0.39 is 17.6 Å². The van der Waals surface area contributed by atoms with E-state index in [9.17, 15) is 14.4 Å². The van der Waals surface area contributed by atoms with Crippen LogP contribution in [-0.4, -0.2) is 50.9 Å². The number of nitrogens with zero attached hydrogens (tertiary/aromatic N) is 3. The Kier molecular flexibility index (Phi) is 7.24. The number of carbonyl (C=O) groups is 2. The Morgan fingerprint density at radius 1 is 1.02 bits per heavy atom. The van der Waals surface area contributed by atoms with E-state index >= 15 is 0 Å². The standard InChI is InChI=1S/C29H29N3O7S/c1-7-31-18-12-10-9-11-17(18)22(26(31)33)25-27(34)32-23(16-13-19(36-4)24(38-6)20(14-16)37-5)21(28(35)39-8-2)15(3)30-29(32)40-25/h9-14,23H,7-8H2,1-6H3/b25-22+/t23-/m0/s1. The number of para-hydroxylation sites is 1.